The molecule has 3 N–H and O–H groups in total. The van der Waals surface area contributed by atoms with Crippen LogP contribution in [0.2, 0.25) is 5.02 Å². The third-order valence-corrected chi connectivity index (χ3v) is 3.53. The molecule has 0 unspecified atom stereocenters. The molecule has 0 saturated heterocycles. The van der Waals surface area contributed by atoms with Crippen LogP contribution in [0.3, 0.4) is 0 Å². The summed E-state index contributed by atoms with van der Waals surface area (Å²) in [7, 11) is 1.70. The van der Waals surface area contributed by atoms with Gasteiger partial charge in [-0.25, -0.2) is 0 Å². The first-order valence-corrected chi connectivity index (χ1v) is 7.14. The number of aromatic nitrogens is 1. The Hall–Kier alpha value is -2.54. The number of aliphatic carboxylic acids is 1. The zero-order valence-electron chi connectivity index (χ0n) is 12.6. The second-order valence-corrected chi connectivity index (χ2v) is 5.46. The predicted octanol–water partition coefficient (Wildman–Crippen LogP) is 0.489. The molecule has 6 nitrogen and oxygen atoms in total. The summed E-state index contributed by atoms with van der Waals surface area (Å²) >= 11 is 6.01. The number of nitrogens with one attached hydrogen (secondary N) is 1. The molecule has 1 aromatic heterocycles. The first-order chi connectivity index (χ1) is 10.8. The monoisotopic (exact) mass is 332 g/mol. The fraction of sp³-hybridized carbons (Fsp3) is 0.133. The van der Waals surface area contributed by atoms with Crippen molar-refractivity contribution in [2.24, 2.45) is 0 Å². The Balaban J connectivity index is 2.43. The predicted molar refractivity (Wildman–Crippen MR) is 89.2 cm³/mol. The van der Waals surface area contributed by atoms with Gasteiger partial charge in [0.1, 0.15) is 12.3 Å². The van der Waals surface area contributed by atoms with Crippen LogP contribution in [0, 0.1) is 6.92 Å². The third kappa shape index (κ3) is 3.81. The van der Waals surface area contributed by atoms with Crippen LogP contribution >= 0.6 is 11.6 Å². The fourth-order valence-corrected chi connectivity index (χ4v) is 2.33. The third-order valence-electron chi connectivity index (χ3n) is 3.30. The quantitative estimate of drug-likeness (QED) is 0.708. The van der Waals surface area contributed by atoms with E-state index in [9.17, 15) is 14.7 Å². The van der Waals surface area contributed by atoms with E-state index < -0.39 is 18.4 Å². The molecule has 118 valence electrons. The number of hydrogen-bond acceptors (Lipinski definition) is 4. The lowest BCUT2D eigenvalue weighted by molar-refractivity contribution is -0.135. The molecule has 0 saturated carbocycles. The SMILES string of the molecule is Bc1nc(C(=O)NCC(=O)O)c(O)cc1-c1cc(Cl)ccc1C. The lowest BCUT2D eigenvalue weighted by Gasteiger charge is -2.12. The van der Waals surface area contributed by atoms with Crippen LogP contribution in [0.4, 0.5) is 0 Å². The van der Waals surface area contributed by atoms with E-state index in [0.717, 1.165) is 11.1 Å². The molecule has 1 heterocycles. The maximum Gasteiger partial charge on any atom is 0.322 e. The first kappa shape index (κ1) is 16.8. The molecule has 0 spiro atoms. The Morgan fingerprint density at radius 2 is 2.00 bits per heavy atom. The highest BCUT2D eigenvalue weighted by Crippen LogP contribution is 2.28. The molecule has 1 amide bonds. The Bertz CT molecular complexity index is 795. The second-order valence-electron chi connectivity index (χ2n) is 5.02. The lowest BCUT2D eigenvalue weighted by atomic mass is 9.90. The van der Waals surface area contributed by atoms with Crippen molar-refractivity contribution in [2.75, 3.05) is 6.54 Å². The average Bonchev–Trinajstić information content (AvgIpc) is 2.49. The smallest absolute Gasteiger partial charge is 0.322 e. The number of halogens is 1. The maximum absolute atomic E-state index is 11.9. The molecule has 0 aliphatic rings. The lowest BCUT2D eigenvalue weighted by Crippen LogP contribution is -2.31. The number of rotatable bonds is 4. The van der Waals surface area contributed by atoms with Gasteiger partial charge in [0.05, 0.1) is 0 Å². The molecule has 0 fully saturated rings. The van der Waals surface area contributed by atoms with Crippen LogP contribution in [0.15, 0.2) is 24.3 Å². The summed E-state index contributed by atoms with van der Waals surface area (Å²) in [6.07, 6.45) is 0. The molecule has 2 aromatic rings. The van der Waals surface area contributed by atoms with Gasteiger partial charge in [0, 0.05) is 10.6 Å². The van der Waals surface area contributed by atoms with E-state index in [1.165, 1.54) is 6.07 Å². The minimum atomic E-state index is -1.18. The van der Waals surface area contributed by atoms with Gasteiger partial charge in [-0.15, -0.1) is 0 Å². The molecule has 8 heteroatoms. The molecular formula is C15H14BClN2O4. The molecular weight excluding hydrogens is 318 g/mol. The highest BCUT2D eigenvalue weighted by atomic mass is 35.5. The highest BCUT2D eigenvalue weighted by Gasteiger charge is 2.17. The standard InChI is InChI=1S/C15H14BClN2O4/c1-7-2-3-8(17)4-9(7)10-5-11(20)13(19-14(10)16)15(23)18-6-12(21)22/h2-5,20H,6,16H2,1H3,(H,18,23)(H,21,22). The average molecular weight is 333 g/mol. The topological polar surface area (TPSA) is 99.5 Å². The van der Waals surface area contributed by atoms with Crippen molar-refractivity contribution in [1.29, 1.82) is 0 Å². The van der Waals surface area contributed by atoms with E-state index >= 15 is 0 Å². The van der Waals surface area contributed by atoms with Crippen LogP contribution in [-0.2, 0) is 4.79 Å². The van der Waals surface area contributed by atoms with Crippen molar-refractivity contribution in [3.8, 4) is 16.9 Å². The van der Waals surface area contributed by atoms with Gasteiger partial charge in [0.2, 0.25) is 0 Å². The number of carboxylic acid groups (broad SMARTS) is 1. The zero-order chi connectivity index (χ0) is 17.1. The van der Waals surface area contributed by atoms with E-state index in [2.05, 4.69) is 10.3 Å². The molecule has 23 heavy (non-hydrogen) atoms. The Morgan fingerprint density at radius 1 is 1.30 bits per heavy atom. The molecule has 0 aliphatic carbocycles. The Morgan fingerprint density at radius 3 is 2.65 bits per heavy atom. The normalized spacial score (nSPS) is 10.3. The number of benzene rings is 1. The van der Waals surface area contributed by atoms with E-state index in [1.54, 1.807) is 20.0 Å². The number of nitrogens with zero attached hydrogens (tertiary/aromatic N) is 1. The number of carbonyl (C=O) groups is 2. The number of aromatic hydroxyl groups is 1. The van der Waals surface area contributed by atoms with Crippen molar-refractivity contribution in [3.05, 3.63) is 40.5 Å². The molecule has 2 rings (SSSR count). The number of hydrogen-bond donors (Lipinski definition) is 3. The largest absolute Gasteiger partial charge is 0.505 e. The Kier molecular flexibility index (Phi) is 4.90. The van der Waals surface area contributed by atoms with Gasteiger partial charge in [0.15, 0.2) is 13.5 Å². The van der Waals surface area contributed by atoms with Crippen molar-refractivity contribution in [2.45, 2.75) is 6.92 Å². The van der Waals surface area contributed by atoms with Crippen LogP contribution in [-0.4, -0.2) is 41.5 Å². The van der Waals surface area contributed by atoms with E-state index in [0.29, 0.717) is 16.2 Å². The summed E-state index contributed by atoms with van der Waals surface area (Å²) in [5.74, 6) is -2.25. The Labute approximate surface area is 138 Å². The minimum Gasteiger partial charge on any atom is -0.505 e. The van der Waals surface area contributed by atoms with Gasteiger partial charge in [-0.1, -0.05) is 17.7 Å². The van der Waals surface area contributed by atoms with E-state index in [4.69, 9.17) is 16.7 Å². The number of pyridine rings is 1. The summed E-state index contributed by atoms with van der Waals surface area (Å²) in [5.41, 5.74) is 2.70. The summed E-state index contributed by atoms with van der Waals surface area (Å²) in [4.78, 5) is 26.5. The summed E-state index contributed by atoms with van der Waals surface area (Å²) in [6, 6.07) is 6.79. The van der Waals surface area contributed by atoms with Gasteiger partial charge in [-0.05, 0) is 41.8 Å². The van der Waals surface area contributed by atoms with Crippen LogP contribution in [0.5, 0.6) is 5.75 Å². The van der Waals surface area contributed by atoms with Crippen molar-refractivity contribution in [3.63, 3.8) is 0 Å². The van der Waals surface area contributed by atoms with Gasteiger partial charge < -0.3 is 15.5 Å². The highest BCUT2D eigenvalue weighted by molar-refractivity contribution is 6.35. The zero-order valence-corrected chi connectivity index (χ0v) is 13.3. The fourth-order valence-electron chi connectivity index (χ4n) is 2.16. The van der Waals surface area contributed by atoms with Gasteiger partial charge in [-0.3, -0.25) is 14.6 Å². The van der Waals surface area contributed by atoms with Gasteiger partial charge in [0.25, 0.3) is 5.91 Å². The number of amides is 1. The summed E-state index contributed by atoms with van der Waals surface area (Å²) < 4.78 is 0. The van der Waals surface area contributed by atoms with Crippen molar-refractivity contribution < 1.29 is 19.8 Å². The first-order valence-electron chi connectivity index (χ1n) is 6.76. The molecule has 0 atom stereocenters. The second kappa shape index (κ2) is 6.70. The summed E-state index contributed by atoms with van der Waals surface area (Å²) in [6.45, 7) is 1.35. The van der Waals surface area contributed by atoms with Gasteiger partial charge in [-0.2, -0.15) is 0 Å². The van der Waals surface area contributed by atoms with E-state index in [-0.39, 0.29) is 11.4 Å². The van der Waals surface area contributed by atoms with Crippen molar-refractivity contribution in [1.82, 2.24) is 10.3 Å². The molecule has 0 aliphatic heterocycles. The minimum absolute atomic E-state index is 0.216. The number of carbonyl (C=O) groups excluding carboxylic acids is 1. The van der Waals surface area contributed by atoms with Crippen LogP contribution in [0.25, 0.3) is 11.1 Å². The maximum atomic E-state index is 11.9. The molecule has 1 aromatic carbocycles. The number of carboxylic acids is 1. The van der Waals surface area contributed by atoms with Crippen LogP contribution < -0.4 is 10.9 Å². The summed E-state index contributed by atoms with van der Waals surface area (Å²) in [5, 5.41) is 21.4. The number of aryl methyl sites for hydroxylation is 1. The van der Waals surface area contributed by atoms with Crippen molar-refractivity contribution >= 4 is 36.9 Å². The van der Waals surface area contributed by atoms with Gasteiger partial charge >= 0.3 is 5.97 Å². The molecule has 0 bridgehead atoms. The molecule has 0 radical (unpaired) electrons. The van der Waals surface area contributed by atoms with E-state index in [1.807, 2.05) is 13.0 Å². The van der Waals surface area contributed by atoms with Crippen LogP contribution in [0.1, 0.15) is 16.1 Å².